The molecular weight excluding hydrogens is 216 g/mol. The zero-order valence-electron chi connectivity index (χ0n) is 10.7. The Hall–Kier alpha value is -0.940. The van der Waals surface area contributed by atoms with Crippen LogP contribution in [-0.4, -0.2) is 44.6 Å². The lowest BCUT2D eigenvalue weighted by molar-refractivity contribution is 0.154. The lowest BCUT2D eigenvalue weighted by Gasteiger charge is -2.33. The minimum Gasteiger partial charge on any atom is -0.390 e. The molecule has 0 radical (unpaired) electrons. The average molecular weight is 238 g/mol. The number of rotatable bonds is 4. The Morgan fingerprint density at radius 2 is 2.35 bits per heavy atom. The smallest absolute Gasteiger partial charge is 0.108 e. The summed E-state index contributed by atoms with van der Waals surface area (Å²) >= 11 is 0. The van der Waals surface area contributed by atoms with Crippen LogP contribution < -0.4 is 0 Å². The van der Waals surface area contributed by atoms with E-state index in [1.165, 1.54) is 13.0 Å². The lowest BCUT2D eigenvalue weighted by Crippen LogP contribution is -2.38. The topological polar surface area (TPSA) is 54.2 Å². The third kappa shape index (κ3) is 3.26. The Labute approximate surface area is 102 Å². The first kappa shape index (κ1) is 12.5. The summed E-state index contributed by atoms with van der Waals surface area (Å²) in [5.74, 6) is 0.706. The fourth-order valence-corrected chi connectivity index (χ4v) is 2.49. The highest BCUT2D eigenvalue weighted by molar-refractivity contribution is 4.92. The maximum absolute atomic E-state index is 8.99. The fourth-order valence-electron chi connectivity index (χ4n) is 2.49. The molecule has 1 atom stereocenters. The van der Waals surface area contributed by atoms with E-state index in [0.717, 1.165) is 19.5 Å². The van der Waals surface area contributed by atoms with Gasteiger partial charge in [-0.25, -0.2) is 4.68 Å². The number of piperidine rings is 1. The molecule has 0 spiro atoms. The Morgan fingerprint density at radius 1 is 1.53 bits per heavy atom. The Kier molecular flexibility index (Phi) is 4.12. The summed E-state index contributed by atoms with van der Waals surface area (Å²) in [4.78, 5) is 2.50. The van der Waals surface area contributed by atoms with Gasteiger partial charge in [0.2, 0.25) is 0 Å². The van der Waals surface area contributed by atoms with Crippen LogP contribution in [0.4, 0.5) is 0 Å². The van der Waals surface area contributed by atoms with Crippen molar-refractivity contribution >= 4 is 0 Å². The summed E-state index contributed by atoms with van der Waals surface area (Å²) in [6.45, 7) is 7.87. The van der Waals surface area contributed by atoms with Crippen LogP contribution in [0, 0.1) is 5.92 Å². The van der Waals surface area contributed by atoms with Crippen LogP contribution in [-0.2, 0) is 6.61 Å². The number of aromatic nitrogens is 3. The number of nitrogens with zero attached hydrogens (tertiary/aromatic N) is 4. The molecule has 1 aromatic heterocycles. The highest BCUT2D eigenvalue weighted by Crippen LogP contribution is 2.21. The molecule has 0 bridgehead atoms. The summed E-state index contributed by atoms with van der Waals surface area (Å²) in [6.07, 6.45) is 4.23. The summed E-state index contributed by atoms with van der Waals surface area (Å²) < 4.78 is 1.91. The molecule has 1 fully saturated rings. The van der Waals surface area contributed by atoms with Crippen molar-refractivity contribution < 1.29 is 5.11 Å². The largest absolute Gasteiger partial charge is 0.390 e. The van der Waals surface area contributed by atoms with Crippen molar-refractivity contribution in [3.05, 3.63) is 11.9 Å². The van der Waals surface area contributed by atoms with E-state index in [1.54, 1.807) is 0 Å². The van der Waals surface area contributed by atoms with Crippen LogP contribution in [0.15, 0.2) is 6.20 Å². The molecule has 1 aliphatic rings. The maximum atomic E-state index is 8.99. The summed E-state index contributed by atoms with van der Waals surface area (Å²) in [7, 11) is 0. The molecule has 1 N–H and O–H groups in total. The molecule has 0 aliphatic carbocycles. The van der Waals surface area contributed by atoms with Gasteiger partial charge in [-0.05, 0) is 25.3 Å². The highest BCUT2D eigenvalue weighted by Gasteiger charge is 2.22. The molecular formula is C12H22N4O. The van der Waals surface area contributed by atoms with Crippen molar-refractivity contribution in [2.24, 2.45) is 5.92 Å². The molecule has 96 valence electrons. The number of hydrogen-bond acceptors (Lipinski definition) is 4. The van der Waals surface area contributed by atoms with Crippen LogP contribution in [0.5, 0.6) is 0 Å². The predicted octanol–water partition coefficient (Wildman–Crippen LogP) is 1.06. The molecule has 17 heavy (non-hydrogen) atoms. The third-order valence-electron chi connectivity index (χ3n) is 3.20. The van der Waals surface area contributed by atoms with E-state index in [9.17, 15) is 0 Å². The minimum absolute atomic E-state index is 0.0254. The Morgan fingerprint density at radius 3 is 3.00 bits per heavy atom. The van der Waals surface area contributed by atoms with Crippen molar-refractivity contribution in [3.8, 4) is 0 Å². The minimum atomic E-state index is -0.0254. The van der Waals surface area contributed by atoms with Gasteiger partial charge < -0.3 is 10.0 Å². The van der Waals surface area contributed by atoms with Crippen LogP contribution >= 0.6 is 0 Å². The standard InChI is InChI=1S/C12H22N4O/c1-10(2)6-15-5-3-4-12(8-15)16-7-11(9-17)13-14-16/h7,10,12,17H,3-6,8-9H2,1-2H3/t12-/m1/s1. The average Bonchev–Trinajstić information content (AvgIpc) is 2.77. The zero-order chi connectivity index (χ0) is 12.3. The molecule has 2 rings (SSSR count). The second-order valence-electron chi connectivity index (χ2n) is 5.30. The van der Waals surface area contributed by atoms with E-state index in [0.29, 0.717) is 17.7 Å². The number of aliphatic hydroxyl groups excluding tert-OH is 1. The second-order valence-corrected chi connectivity index (χ2v) is 5.30. The molecule has 5 heteroatoms. The van der Waals surface area contributed by atoms with Gasteiger partial charge in [-0.3, -0.25) is 0 Å². The van der Waals surface area contributed by atoms with Crippen LogP contribution in [0.2, 0.25) is 0 Å². The van der Waals surface area contributed by atoms with E-state index < -0.39 is 0 Å². The van der Waals surface area contributed by atoms with E-state index >= 15 is 0 Å². The molecule has 2 heterocycles. The van der Waals surface area contributed by atoms with E-state index in [-0.39, 0.29) is 6.61 Å². The summed E-state index contributed by atoms with van der Waals surface area (Å²) in [6, 6.07) is 0.412. The first-order chi connectivity index (χ1) is 8.19. The maximum Gasteiger partial charge on any atom is 0.108 e. The quantitative estimate of drug-likeness (QED) is 0.852. The molecule has 0 aromatic carbocycles. The highest BCUT2D eigenvalue weighted by atomic mass is 16.3. The Balaban J connectivity index is 1.96. The van der Waals surface area contributed by atoms with Gasteiger partial charge in [-0.1, -0.05) is 19.1 Å². The number of hydrogen-bond donors (Lipinski definition) is 1. The SMILES string of the molecule is CC(C)CN1CCC[C@@H](n2cc(CO)nn2)C1. The van der Waals surface area contributed by atoms with Gasteiger partial charge in [0.1, 0.15) is 5.69 Å². The summed E-state index contributed by atoms with van der Waals surface area (Å²) in [5, 5.41) is 17.0. The van der Waals surface area contributed by atoms with E-state index in [1.807, 2.05) is 10.9 Å². The van der Waals surface area contributed by atoms with E-state index in [2.05, 4.69) is 29.1 Å². The van der Waals surface area contributed by atoms with E-state index in [4.69, 9.17) is 5.11 Å². The van der Waals surface area contributed by atoms with Gasteiger partial charge in [0.15, 0.2) is 0 Å². The third-order valence-corrected chi connectivity index (χ3v) is 3.20. The van der Waals surface area contributed by atoms with Gasteiger partial charge in [-0.15, -0.1) is 5.10 Å². The van der Waals surface area contributed by atoms with Crippen molar-refractivity contribution in [1.29, 1.82) is 0 Å². The number of likely N-dealkylation sites (tertiary alicyclic amines) is 1. The molecule has 1 aliphatic heterocycles. The van der Waals surface area contributed by atoms with Crippen LogP contribution in [0.3, 0.4) is 0 Å². The first-order valence-electron chi connectivity index (χ1n) is 6.43. The van der Waals surface area contributed by atoms with Crippen molar-refractivity contribution in [2.75, 3.05) is 19.6 Å². The fraction of sp³-hybridized carbons (Fsp3) is 0.833. The predicted molar refractivity (Wildman–Crippen MR) is 65.5 cm³/mol. The lowest BCUT2D eigenvalue weighted by atomic mass is 10.0. The van der Waals surface area contributed by atoms with Gasteiger partial charge in [-0.2, -0.15) is 0 Å². The van der Waals surface area contributed by atoms with Crippen molar-refractivity contribution in [1.82, 2.24) is 19.9 Å². The second kappa shape index (κ2) is 5.60. The molecule has 0 amide bonds. The van der Waals surface area contributed by atoms with Crippen LogP contribution in [0.1, 0.15) is 38.4 Å². The molecule has 1 saturated heterocycles. The van der Waals surface area contributed by atoms with Crippen molar-refractivity contribution in [2.45, 2.75) is 39.3 Å². The van der Waals surface area contributed by atoms with Crippen LogP contribution in [0.25, 0.3) is 0 Å². The Bertz CT molecular complexity index is 350. The summed E-state index contributed by atoms with van der Waals surface area (Å²) in [5.41, 5.74) is 0.658. The zero-order valence-corrected chi connectivity index (χ0v) is 10.7. The van der Waals surface area contributed by atoms with Gasteiger partial charge in [0, 0.05) is 13.1 Å². The molecule has 0 saturated carbocycles. The normalized spacial score (nSPS) is 22.2. The first-order valence-corrected chi connectivity index (χ1v) is 6.43. The van der Waals surface area contributed by atoms with Crippen molar-refractivity contribution in [3.63, 3.8) is 0 Å². The number of aliphatic hydroxyl groups is 1. The monoisotopic (exact) mass is 238 g/mol. The van der Waals surface area contributed by atoms with Gasteiger partial charge >= 0.3 is 0 Å². The van der Waals surface area contributed by atoms with Gasteiger partial charge in [0.05, 0.1) is 18.8 Å². The molecule has 1 aromatic rings. The molecule has 5 nitrogen and oxygen atoms in total. The molecule has 0 unspecified atom stereocenters. The van der Waals surface area contributed by atoms with Gasteiger partial charge in [0.25, 0.3) is 0 Å².